The van der Waals surface area contributed by atoms with Crippen LogP contribution in [-0.4, -0.2) is 64.7 Å². The number of nitrogens with zero attached hydrogens (tertiary/aromatic N) is 3. The van der Waals surface area contributed by atoms with Crippen LogP contribution in [0.3, 0.4) is 0 Å². The minimum Gasteiger partial charge on any atom is -0.339 e. The Labute approximate surface area is 244 Å². The highest BCUT2D eigenvalue weighted by Crippen LogP contribution is 2.31. The van der Waals surface area contributed by atoms with E-state index in [1.54, 1.807) is 29.8 Å². The van der Waals surface area contributed by atoms with Crippen LogP contribution >= 0.6 is 23.1 Å². The molecule has 4 rings (SSSR count). The summed E-state index contributed by atoms with van der Waals surface area (Å²) in [5, 5.41) is 6.95. The van der Waals surface area contributed by atoms with Gasteiger partial charge in [-0.1, -0.05) is 49.4 Å². The van der Waals surface area contributed by atoms with Gasteiger partial charge in [-0.2, -0.15) is 0 Å². The largest absolute Gasteiger partial charge is 0.339 e. The average molecular weight is 580 g/mol. The fraction of sp³-hybridized carbons (Fsp3) is 0.400. The summed E-state index contributed by atoms with van der Waals surface area (Å²) in [4.78, 5) is 45.2. The van der Waals surface area contributed by atoms with Crippen molar-refractivity contribution in [1.82, 2.24) is 20.1 Å². The number of thiazole rings is 1. The third-order valence-electron chi connectivity index (χ3n) is 7.12. The highest BCUT2D eigenvalue weighted by molar-refractivity contribution is 8.00. The lowest BCUT2D eigenvalue weighted by Crippen LogP contribution is -2.50. The van der Waals surface area contributed by atoms with Crippen molar-refractivity contribution in [2.45, 2.75) is 50.2 Å². The van der Waals surface area contributed by atoms with Crippen molar-refractivity contribution in [2.24, 2.45) is 5.92 Å². The zero-order valence-corrected chi connectivity index (χ0v) is 25.1. The molecule has 2 heterocycles. The van der Waals surface area contributed by atoms with Crippen molar-refractivity contribution in [3.8, 4) is 0 Å². The monoisotopic (exact) mass is 579 g/mol. The maximum Gasteiger partial charge on any atom is 0.257 e. The third-order valence-corrected chi connectivity index (χ3v) is 9.30. The Hall–Kier alpha value is -3.21. The molecule has 0 radical (unpaired) electrons. The highest BCUT2D eigenvalue weighted by atomic mass is 32.2. The molecule has 212 valence electrons. The fourth-order valence-corrected chi connectivity index (χ4v) is 6.01. The Bertz CT molecular complexity index is 1320. The number of carbonyl (C=O) groups excluding carboxylic acids is 3. The molecule has 3 amide bonds. The summed E-state index contributed by atoms with van der Waals surface area (Å²) >= 11 is 3.05. The molecular formula is C30H37N5O3S2. The van der Waals surface area contributed by atoms with Crippen molar-refractivity contribution in [3.63, 3.8) is 0 Å². The molecule has 0 bridgehead atoms. The van der Waals surface area contributed by atoms with E-state index in [0.717, 1.165) is 21.9 Å². The smallest absolute Gasteiger partial charge is 0.257 e. The first-order chi connectivity index (χ1) is 19.2. The van der Waals surface area contributed by atoms with Crippen molar-refractivity contribution >= 4 is 46.0 Å². The molecule has 0 spiro atoms. The number of amides is 3. The molecule has 2 aromatic carbocycles. The number of thioether (sulfide) groups is 1. The molecule has 8 nitrogen and oxygen atoms in total. The summed E-state index contributed by atoms with van der Waals surface area (Å²) in [6.07, 6.45) is 1.76. The number of piperazine rings is 1. The SMILES string of the molecule is CC(=O)N1CCN(C(=O)c2cccc(CSc3cnc(NC(=O)c4ccc(CNC(C)C(C)C)cc4)s3)c2)CC1. The Morgan fingerprint density at radius 3 is 2.33 bits per heavy atom. The molecule has 1 aromatic heterocycles. The van der Waals surface area contributed by atoms with E-state index < -0.39 is 0 Å². The van der Waals surface area contributed by atoms with Gasteiger partial charge in [0.1, 0.15) is 0 Å². The van der Waals surface area contributed by atoms with Gasteiger partial charge in [-0.25, -0.2) is 4.98 Å². The van der Waals surface area contributed by atoms with Gasteiger partial charge in [0.2, 0.25) is 5.91 Å². The zero-order chi connectivity index (χ0) is 28.6. The molecule has 1 aliphatic rings. The van der Waals surface area contributed by atoms with Gasteiger partial charge in [0.15, 0.2) is 5.13 Å². The van der Waals surface area contributed by atoms with E-state index in [1.807, 2.05) is 53.4 Å². The number of benzene rings is 2. The van der Waals surface area contributed by atoms with E-state index in [9.17, 15) is 14.4 Å². The summed E-state index contributed by atoms with van der Waals surface area (Å²) < 4.78 is 0.980. The summed E-state index contributed by atoms with van der Waals surface area (Å²) in [5.74, 6) is 1.10. The lowest BCUT2D eigenvalue weighted by atomic mass is 10.1. The molecule has 0 aliphatic carbocycles. The van der Waals surface area contributed by atoms with Gasteiger partial charge in [0, 0.05) is 62.6 Å². The molecule has 1 atom stereocenters. The molecule has 2 N–H and O–H groups in total. The van der Waals surface area contributed by atoms with Gasteiger partial charge in [0.05, 0.1) is 10.4 Å². The van der Waals surface area contributed by atoms with E-state index in [1.165, 1.54) is 11.3 Å². The van der Waals surface area contributed by atoms with Crippen molar-refractivity contribution in [1.29, 1.82) is 0 Å². The van der Waals surface area contributed by atoms with Crippen molar-refractivity contribution < 1.29 is 14.4 Å². The number of anilines is 1. The first kappa shape index (κ1) is 29.8. The summed E-state index contributed by atoms with van der Waals surface area (Å²) in [6, 6.07) is 15.7. The van der Waals surface area contributed by atoms with Gasteiger partial charge in [-0.3, -0.25) is 19.7 Å². The molecule has 1 saturated heterocycles. The number of rotatable bonds is 10. The zero-order valence-electron chi connectivity index (χ0n) is 23.5. The molecule has 1 fully saturated rings. The first-order valence-corrected chi connectivity index (χ1v) is 15.4. The molecule has 1 aliphatic heterocycles. The molecular weight excluding hydrogens is 542 g/mol. The van der Waals surface area contributed by atoms with Gasteiger partial charge >= 0.3 is 0 Å². The molecule has 10 heteroatoms. The number of nitrogens with one attached hydrogen (secondary N) is 2. The third kappa shape index (κ3) is 8.16. The van der Waals surface area contributed by atoms with Crippen LogP contribution in [0.1, 0.15) is 59.5 Å². The van der Waals surface area contributed by atoms with Gasteiger partial charge in [0.25, 0.3) is 11.8 Å². The van der Waals surface area contributed by atoms with Crippen LogP contribution in [0, 0.1) is 5.92 Å². The minimum absolute atomic E-state index is 0.00717. The van der Waals surface area contributed by atoms with Crippen LogP contribution in [0.5, 0.6) is 0 Å². The minimum atomic E-state index is -0.184. The van der Waals surface area contributed by atoms with Crippen molar-refractivity contribution in [2.75, 3.05) is 31.5 Å². The normalized spacial score (nSPS) is 14.3. The van der Waals surface area contributed by atoms with Crippen molar-refractivity contribution in [3.05, 3.63) is 77.0 Å². The van der Waals surface area contributed by atoms with Gasteiger partial charge in [-0.15, -0.1) is 11.8 Å². The van der Waals surface area contributed by atoms with E-state index in [2.05, 4.69) is 36.4 Å². The average Bonchev–Trinajstić information content (AvgIpc) is 3.41. The second-order valence-corrected chi connectivity index (χ2v) is 12.6. The van der Waals surface area contributed by atoms with Crippen LogP contribution in [0.2, 0.25) is 0 Å². The number of hydrogen-bond acceptors (Lipinski definition) is 7. The van der Waals surface area contributed by atoms with Gasteiger partial charge < -0.3 is 15.1 Å². The topological polar surface area (TPSA) is 94.6 Å². The van der Waals surface area contributed by atoms with Crippen LogP contribution in [0.4, 0.5) is 5.13 Å². The highest BCUT2D eigenvalue weighted by Gasteiger charge is 2.23. The van der Waals surface area contributed by atoms with E-state index in [4.69, 9.17) is 0 Å². The van der Waals surface area contributed by atoms with Crippen LogP contribution < -0.4 is 10.6 Å². The van der Waals surface area contributed by atoms with E-state index in [0.29, 0.717) is 60.2 Å². The Morgan fingerprint density at radius 2 is 1.65 bits per heavy atom. The molecule has 0 saturated carbocycles. The van der Waals surface area contributed by atoms with Crippen LogP contribution in [0.15, 0.2) is 58.9 Å². The lowest BCUT2D eigenvalue weighted by molar-refractivity contribution is -0.130. The lowest BCUT2D eigenvalue weighted by Gasteiger charge is -2.34. The second-order valence-electron chi connectivity index (χ2n) is 10.3. The summed E-state index contributed by atoms with van der Waals surface area (Å²) in [6.45, 7) is 11.1. The predicted molar refractivity (Wildman–Crippen MR) is 162 cm³/mol. The maximum absolute atomic E-state index is 13.0. The van der Waals surface area contributed by atoms with Gasteiger partial charge in [-0.05, 0) is 48.2 Å². The predicted octanol–water partition coefficient (Wildman–Crippen LogP) is 5.13. The number of carbonyl (C=O) groups is 3. The van der Waals surface area contributed by atoms with E-state index >= 15 is 0 Å². The fourth-order valence-electron chi connectivity index (χ4n) is 4.20. The quantitative estimate of drug-likeness (QED) is 0.324. The maximum atomic E-state index is 13.0. The number of aromatic nitrogens is 1. The Balaban J connectivity index is 1.26. The van der Waals surface area contributed by atoms with Crippen LogP contribution in [-0.2, 0) is 17.1 Å². The molecule has 40 heavy (non-hydrogen) atoms. The molecule has 3 aromatic rings. The Morgan fingerprint density at radius 1 is 0.950 bits per heavy atom. The summed E-state index contributed by atoms with van der Waals surface area (Å²) in [7, 11) is 0. The molecule has 1 unspecified atom stereocenters. The second kappa shape index (κ2) is 13.9. The standard InChI is InChI=1S/C30H37N5O3S2/c1-20(2)21(3)31-17-23-8-10-25(11-9-23)28(37)33-30-32-18-27(40-30)39-19-24-6-5-7-26(16-24)29(38)35-14-12-34(13-15-35)22(4)36/h5-11,16,18,20-21,31H,12-15,17,19H2,1-4H3,(H,32,33,37). The summed E-state index contributed by atoms with van der Waals surface area (Å²) in [5.41, 5.74) is 3.42. The van der Waals surface area contributed by atoms with E-state index in [-0.39, 0.29) is 17.7 Å². The van der Waals surface area contributed by atoms with Crippen LogP contribution in [0.25, 0.3) is 0 Å². The number of hydrogen-bond donors (Lipinski definition) is 2. The first-order valence-electron chi connectivity index (χ1n) is 13.6. The Kier molecular flexibility index (Phi) is 10.4.